The van der Waals surface area contributed by atoms with E-state index in [1.165, 1.54) is 51.7 Å². The molecule has 2 heteroatoms. The number of rotatable bonds is 2. The zero-order chi connectivity index (χ0) is 18.7. The quantitative estimate of drug-likeness (QED) is 0.556. The maximum Gasteiger partial charge on any atom is 0.0529 e. The molecule has 2 nitrogen and oxygen atoms in total. The summed E-state index contributed by atoms with van der Waals surface area (Å²) in [5, 5.41) is 1.45. The molecule has 5 rings (SSSR count). The molecule has 0 aliphatic carbocycles. The Bertz CT molecular complexity index is 1070. The third-order valence-corrected chi connectivity index (χ3v) is 6.74. The predicted molar refractivity (Wildman–Crippen MR) is 115 cm³/mol. The van der Waals surface area contributed by atoms with E-state index in [1.807, 2.05) is 0 Å². The third kappa shape index (κ3) is 2.58. The summed E-state index contributed by atoms with van der Waals surface area (Å²) in [6, 6.07) is 14.9. The van der Waals surface area contributed by atoms with E-state index in [4.69, 9.17) is 0 Å². The first-order valence-electron chi connectivity index (χ1n) is 10.1. The number of hydrogen-bond donors (Lipinski definition) is 0. The van der Waals surface area contributed by atoms with Gasteiger partial charge >= 0.3 is 0 Å². The summed E-state index contributed by atoms with van der Waals surface area (Å²) in [4.78, 5) is 2.61. The van der Waals surface area contributed by atoms with Gasteiger partial charge in [-0.3, -0.25) is 4.90 Å². The van der Waals surface area contributed by atoms with Gasteiger partial charge in [0, 0.05) is 35.8 Å². The van der Waals surface area contributed by atoms with Gasteiger partial charge in [-0.25, -0.2) is 0 Å². The molecular formula is C25H28N2. The van der Waals surface area contributed by atoms with Crippen molar-refractivity contribution in [3.8, 4) is 0 Å². The first-order chi connectivity index (χ1) is 13.0. The summed E-state index contributed by atoms with van der Waals surface area (Å²) in [5.74, 6) is 0. The molecule has 2 aliphatic heterocycles. The van der Waals surface area contributed by atoms with E-state index >= 15 is 0 Å². The largest absolute Gasteiger partial charge is 0.320 e. The van der Waals surface area contributed by atoms with Gasteiger partial charge in [0.25, 0.3) is 0 Å². The molecule has 2 aliphatic rings. The molecular weight excluding hydrogens is 328 g/mol. The molecule has 1 aromatic heterocycles. The number of aryl methyl sites for hydroxylation is 3. The van der Waals surface area contributed by atoms with Crippen molar-refractivity contribution >= 4 is 23.2 Å². The minimum absolute atomic E-state index is 0.582. The maximum atomic E-state index is 2.61. The fourth-order valence-electron chi connectivity index (χ4n) is 5.25. The highest BCUT2D eigenvalue weighted by Gasteiger charge is 2.40. The van der Waals surface area contributed by atoms with E-state index < -0.39 is 0 Å². The number of fused-ring (bicyclic) bond motifs is 6. The van der Waals surface area contributed by atoms with Crippen molar-refractivity contribution in [1.29, 1.82) is 0 Å². The van der Waals surface area contributed by atoms with Crippen LogP contribution in [0, 0.1) is 20.8 Å². The Morgan fingerprint density at radius 2 is 1.74 bits per heavy atom. The van der Waals surface area contributed by atoms with E-state index in [0.29, 0.717) is 12.1 Å². The van der Waals surface area contributed by atoms with E-state index in [0.717, 1.165) is 6.42 Å². The third-order valence-electron chi connectivity index (χ3n) is 6.74. The minimum atomic E-state index is 0.582. The fourth-order valence-corrected chi connectivity index (χ4v) is 5.25. The molecule has 0 N–H and O–H groups in total. The van der Waals surface area contributed by atoms with Gasteiger partial charge in [-0.2, -0.15) is 0 Å². The lowest BCUT2D eigenvalue weighted by molar-refractivity contribution is 0.223. The van der Waals surface area contributed by atoms with Crippen LogP contribution in [0.1, 0.15) is 52.4 Å². The van der Waals surface area contributed by atoms with E-state index in [2.05, 4.69) is 86.0 Å². The highest BCUT2D eigenvalue weighted by Crippen LogP contribution is 2.47. The van der Waals surface area contributed by atoms with Gasteiger partial charge < -0.3 is 4.57 Å². The summed E-state index contributed by atoms with van der Waals surface area (Å²) in [6.45, 7) is 6.57. The second-order valence-electron chi connectivity index (χ2n) is 8.54. The summed E-state index contributed by atoms with van der Waals surface area (Å²) in [5.41, 5.74) is 9.78. The number of aromatic nitrogens is 1. The molecule has 0 amide bonds. The number of hydrogen-bond acceptors (Lipinski definition) is 1. The van der Waals surface area contributed by atoms with Crippen LogP contribution < -0.4 is 0 Å². The molecule has 0 radical (unpaired) electrons. The molecule has 0 unspecified atom stereocenters. The highest BCUT2D eigenvalue weighted by molar-refractivity contribution is 5.90. The summed E-state index contributed by atoms with van der Waals surface area (Å²) in [6.07, 6.45) is 8.37. The average molecular weight is 357 g/mol. The molecule has 138 valence electrons. The normalized spacial score (nSPS) is 22.1. The van der Waals surface area contributed by atoms with Crippen LogP contribution in [-0.4, -0.2) is 22.6 Å². The second-order valence-corrected chi connectivity index (χ2v) is 8.54. The molecule has 2 aromatic carbocycles. The first-order valence-corrected chi connectivity index (χ1v) is 10.1. The van der Waals surface area contributed by atoms with E-state index in [9.17, 15) is 0 Å². The zero-order valence-electron chi connectivity index (χ0n) is 16.8. The SMILES string of the molecule is Cc1ccc(/C=C/n2c3c(c4cc(C)ccc42)[C@@H]2CC[C@H](C3)N2C)c(C)c1. The van der Waals surface area contributed by atoms with Crippen LogP contribution >= 0.6 is 0 Å². The molecule has 27 heavy (non-hydrogen) atoms. The standard InChI is InChI=1S/C25H28N2/c1-16-5-7-19(18(3)13-16)11-12-27-22-9-6-17(2)14-21(22)25-23-10-8-20(26(23)4)15-24(25)27/h5-7,9,11-14,20,23H,8,10,15H2,1-4H3/b12-11+/t20-,23+/m1/s1. The molecule has 2 atom stereocenters. The van der Waals surface area contributed by atoms with Crippen LogP contribution in [0.2, 0.25) is 0 Å². The molecule has 0 saturated carbocycles. The Labute approximate surface area is 162 Å². The van der Waals surface area contributed by atoms with Gasteiger partial charge in [0.2, 0.25) is 0 Å². The Morgan fingerprint density at radius 1 is 0.963 bits per heavy atom. The highest BCUT2D eigenvalue weighted by atomic mass is 15.2. The van der Waals surface area contributed by atoms with Crippen LogP contribution in [0.4, 0.5) is 0 Å². The lowest BCUT2D eigenvalue weighted by Crippen LogP contribution is -2.34. The molecule has 1 saturated heterocycles. The van der Waals surface area contributed by atoms with Crippen LogP contribution in [0.15, 0.2) is 36.4 Å². The van der Waals surface area contributed by atoms with E-state index in [-0.39, 0.29) is 0 Å². The Balaban J connectivity index is 1.69. The lowest BCUT2D eigenvalue weighted by Gasteiger charge is -2.32. The Hall–Kier alpha value is -2.32. The molecule has 1 fully saturated rings. The van der Waals surface area contributed by atoms with Crippen molar-refractivity contribution in [3.63, 3.8) is 0 Å². The lowest BCUT2D eigenvalue weighted by atomic mass is 9.97. The topological polar surface area (TPSA) is 8.17 Å². The molecule has 3 heterocycles. The van der Waals surface area contributed by atoms with Crippen LogP contribution in [0.5, 0.6) is 0 Å². The molecule has 2 bridgehead atoms. The van der Waals surface area contributed by atoms with Crippen molar-refractivity contribution < 1.29 is 0 Å². The van der Waals surface area contributed by atoms with Crippen molar-refractivity contribution in [3.05, 3.63) is 69.9 Å². The van der Waals surface area contributed by atoms with Gasteiger partial charge in [-0.05, 0) is 75.6 Å². The van der Waals surface area contributed by atoms with E-state index in [1.54, 1.807) is 5.56 Å². The molecule has 3 aromatic rings. The predicted octanol–water partition coefficient (Wildman–Crippen LogP) is 5.89. The number of likely N-dealkylation sites (N-methyl/N-ethyl adjacent to an activating group) is 1. The van der Waals surface area contributed by atoms with Crippen molar-refractivity contribution in [2.45, 2.75) is 52.1 Å². The summed E-state index contributed by atoms with van der Waals surface area (Å²) < 4.78 is 2.47. The van der Waals surface area contributed by atoms with Crippen molar-refractivity contribution in [2.24, 2.45) is 0 Å². The zero-order valence-corrected chi connectivity index (χ0v) is 16.8. The Kier molecular flexibility index (Phi) is 3.80. The van der Waals surface area contributed by atoms with Crippen LogP contribution in [0.3, 0.4) is 0 Å². The maximum absolute atomic E-state index is 2.61. The van der Waals surface area contributed by atoms with Gasteiger partial charge in [0.15, 0.2) is 0 Å². The van der Waals surface area contributed by atoms with Gasteiger partial charge in [0.1, 0.15) is 0 Å². The fraction of sp³-hybridized carbons (Fsp3) is 0.360. The summed E-state index contributed by atoms with van der Waals surface area (Å²) >= 11 is 0. The monoisotopic (exact) mass is 356 g/mol. The smallest absolute Gasteiger partial charge is 0.0529 e. The van der Waals surface area contributed by atoms with Gasteiger partial charge in [-0.1, -0.05) is 35.4 Å². The first kappa shape index (κ1) is 16.8. The number of benzene rings is 2. The van der Waals surface area contributed by atoms with Gasteiger partial charge in [0.05, 0.1) is 5.52 Å². The van der Waals surface area contributed by atoms with Crippen LogP contribution in [-0.2, 0) is 6.42 Å². The summed E-state index contributed by atoms with van der Waals surface area (Å²) in [7, 11) is 2.32. The second kappa shape index (κ2) is 6.10. The van der Waals surface area contributed by atoms with Crippen LogP contribution in [0.25, 0.3) is 23.2 Å². The van der Waals surface area contributed by atoms with Crippen molar-refractivity contribution in [2.75, 3.05) is 7.05 Å². The average Bonchev–Trinajstić information content (AvgIpc) is 3.04. The molecule has 0 spiro atoms. The van der Waals surface area contributed by atoms with Crippen molar-refractivity contribution in [1.82, 2.24) is 9.47 Å². The van der Waals surface area contributed by atoms with Gasteiger partial charge in [-0.15, -0.1) is 0 Å². The minimum Gasteiger partial charge on any atom is -0.320 e. The number of nitrogens with zero attached hydrogens (tertiary/aromatic N) is 2. The Morgan fingerprint density at radius 3 is 2.56 bits per heavy atom.